The zero-order chi connectivity index (χ0) is 30.2. The van der Waals surface area contributed by atoms with Crippen LogP contribution in [0.5, 0.6) is 5.88 Å². The summed E-state index contributed by atoms with van der Waals surface area (Å²) in [5.41, 5.74) is 3.38. The molecule has 228 valence electrons. The highest BCUT2D eigenvalue weighted by molar-refractivity contribution is 6.30. The second-order valence-electron chi connectivity index (χ2n) is 11.5. The maximum Gasteiger partial charge on any atom is 0.434 e. The van der Waals surface area contributed by atoms with Crippen LogP contribution in [0, 0.1) is 11.8 Å². The molecule has 7 rings (SSSR count). The molecule has 0 unspecified atom stereocenters. The minimum Gasteiger partial charge on any atom is -0.481 e. The zero-order valence-corrected chi connectivity index (χ0v) is 25.3. The van der Waals surface area contributed by atoms with Crippen molar-refractivity contribution in [1.29, 1.82) is 0 Å². The Labute approximate surface area is 258 Å². The standard InChI is InChI=1S/C31H33ClN8O4/c1-18-8-10-19(11-9-18)16-40-25-24(22-14-21(32)15-33-28(22)42-2)34-27(29-37-38-31(41)44-29)35-26(25)36-30(40)39-12-13-43-17-23(39)20-6-4-3-5-7-20/h3-7,14-15,18-19,23H,8-13,16-17H2,1-2H3,(H,38,41)/t18-,19-,23-/m0/s1. The highest BCUT2D eigenvalue weighted by Crippen LogP contribution is 2.40. The summed E-state index contributed by atoms with van der Waals surface area (Å²) in [5.74, 6) is 1.66. The molecule has 1 saturated carbocycles. The van der Waals surface area contributed by atoms with Gasteiger partial charge in [0.15, 0.2) is 5.65 Å². The van der Waals surface area contributed by atoms with Gasteiger partial charge in [0.2, 0.25) is 17.7 Å². The van der Waals surface area contributed by atoms with E-state index in [1.54, 1.807) is 13.2 Å². The topological polar surface area (TPSA) is 137 Å². The minimum absolute atomic E-state index is 0.0435. The van der Waals surface area contributed by atoms with Crippen molar-refractivity contribution in [3.63, 3.8) is 0 Å². The molecule has 4 aromatic heterocycles. The van der Waals surface area contributed by atoms with E-state index in [1.165, 1.54) is 19.0 Å². The third-order valence-electron chi connectivity index (χ3n) is 8.62. The van der Waals surface area contributed by atoms with E-state index in [0.717, 1.165) is 42.3 Å². The first-order valence-electron chi connectivity index (χ1n) is 14.9. The third-order valence-corrected chi connectivity index (χ3v) is 8.83. The zero-order valence-electron chi connectivity index (χ0n) is 24.6. The summed E-state index contributed by atoms with van der Waals surface area (Å²) in [6.45, 7) is 4.81. The highest BCUT2D eigenvalue weighted by atomic mass is 35.5. The van der Waals surface area contributed by atoms with E-state index >= 15 is 0 Å². The van der Waals surface area contributed by atoms with Crippen LogP contribution in [-0.2, 0) is 11.3 Å². The Morgan fingerprint density at radius 3 is 2.68 bits per heavy atom. The number of methoxy groups -OCH3 is 1. The van der Waals surface area contributed by atoms with Crippen LogP contribution in [0.15, 0.2) is 51.8 Å². The van der Waals surface area contributed by atoms with E-state index in [1.807, 2.05) is 18.2 Å². The molecule has 1 N–H and O–H groups in total. The molecule has 44 heavy (non-hydrogen) atoms. The second kappa shape index (κ2) is 12.0. The number of pyridine rings is 1. The number of aromatic nitrogens is 7. The van der Waals surface area contributed by atoms with Gasteiger partial charge in [-0.3, -0.25) is 0 Å². The first-order valence-corrected chi connectivity index (χ1v) is 15.3. The Kier molecular flexibility index (Phi) is 7.77. The van der Waals surface area contributed by atoms with E-state index < -0.39 is 5.76 Å². The fraction of sp³-hybridized carbons (Fsp3) is 0.419. The monoisotopic (exact) mass is 616 g/mol. The summed E-state index contributed by atoms with van der Waals surface area (Å²) >= 11 is 6.47. The molecule has 1 saturated heterocycles. The van der Waals surface area contributed by atoms with Crippen molar-refractivity contribution in [3.05, 3.63) is 63.7 Å². The normalized spacial score (nSPS) is 20.7. The number of fused-ring (bicyclic) bond motifs is 1. The van der Waals surface area contributed by atoms with Crippen LogP contribution < -0.4 is 15.4 Å². The molecule has 0 spiro atoms. The number of H-pyrrole nitrogens is 1. The molecule has 1 aliphatic heterocycles. The number of morpholine rings is 1. The van der Waals surface area contributed by atoms with E-state index in [-0.39, 0.29) is 17.8 Å². The number of aromatic amines is 1. The van der Waals surface area contributed by atoms with Gasteiger partial charge in [0, 0.05) is 19.3 Å². The van der Waals surface area contributed by atoms with E-state index in [2.05, 4.69) is 43.7 Å². The van der Waals surface area contributed by atoms with Gasteiger partial charge in [0.25, 0.3) is 5.89 Å². The maximum atomic E-state index is 11.9. The lowest BCUT2D eigenvalue weighted by Gasteiger charge is -2.37. The molecule has 2 fully saturated rings. The molecule has 1 aromatic carbocycles. The van der Waals surface area contributed by atoms with E-state index in [9.17, 15) is 4.79 Å². The number of nitrogens with one attached hydrogen (secondary N) is 1. The smallest absolute Gasteiger partial charge is 0.434 e. The SMILES string of the molecule is COc1ncc(Cl)cc1-c1nc(-c2n[nH]c(=O)o2)nc2nc(N3CCOC[C@H]3c3ccccc3)n(C[C@H]3CC[C@H](C)CC3)c12. The van der Waals surface area contributed by atoms with Gasteiger partial charge in [-0.1, -0.05) is 61.7 Å². The molecule has 1 aliphatic carbocycles. The second-order valence-corrected chi connectivity index (χ2v) is 12.0. The number of ether oxygens (including phenoxy) is 2. The fourth-order valence-electron chi connectivity index (χ4n) is 6.35. The van der Waals surface area contributed by atoms with Crippen LogP contribution >= 0.6 is 11.6 Å². The third kappa shape index (κ3) is 5.43. The summed E-state index contributed by atoms with van der Waals surface area (Å²) in [5, 5.41) is 6.72. The molecular weight excluding hydrogens is 584 g/mol. The van der Waals surface area contributed by atoms with Crippen molar-refractivity contribution in [2.45, 2.75) is 45.2 Å². The lowest BCUT2D eigenvalue weighted by Crippen LogP contribution is -2.41. The summed E-state index contributed by atoms with van der Waals surface area (Å²) in [6.07, 6.45) is 6.16. The number of anilines is 1. The van der Waals surface area contributed by atoms with Gasteiger partial charge in [-0.25, -0.2) is 24.8 Å². The lowest BCUT2D eigenvalue weighted by molar-refractivity contribution is 0.0927. The molecule has 0 amide bonds. The van der Waals surface area contributed by atoms with Gasteiger partial charge in [0.05, 0.1) is 37.0 Å². The number of imidazole rings is 1. The van der Waals surface area contributed by atoms with Crippen molar-refractivity contribution in [2.75, 3.05) is 31.8 Å². The van der Waals surface area contributed by atoms with Gasteiger partial charge in [-0.05, 0) is 36.3 Å². The predicted molar refractivity (Wildman–Crippen MR) is 165 cm³/mol. The quantitative estimate of drug-likeness (QED) is 0.256. The molecule has 2 aliphatic rings. The van der Waals surface area contributed by atoms with Crippen molar-refractivity contribution in [3.8, 4) is 28.9 Å². The van der Waals surface area contributed by atoms with Crippen molar-refractivity contribution >= 4 is 28.7 Å². The van der Waals surface area contributed by atoms with Gasteiger partial charge >= 0.3 is 5.76 Å². The number of hydrogen-bond acceptors (Lipinski definition) is 10. The number of nitrogens with zero attached hydrogens (tertiary/aromatic N) is 7. The maximum absolute atomic E-state index is 11.9. The van der Waals surface area contributed by atoms with Crippen LogP contribution in [0.4, 0.5) is 5.95 Å². The summed E-state index contributed by atoms with van der Waals surface area (Å²) in [7, 11) is 1.55. The fourth-order valence-corrected chi connectivity index (χ4v) is 6.51. The minimum atomic E-state index is -0.705. The Morgan fingerprint density at radius 2 is 1.93 bits per heavy atom. The number of halogens is 1. The predicted octanol–water partition coefficient (Wildman–Crippen LogP) is 5.30. The van der Waals surface area contributed by atoms with Crippen LogP contribution in [0.25, 0.3) is 34.1 Å². The molecule has 13 heteroatoms. The van der Waals surface area contributed by atoms with Gasteiger partial charge in [0.1, 0.15) is 11.2 Å². The van der Waals surface area contributed by atoms with E-state index in [0.29, 0.717) is 53.5 Å². The molecule has 0 bridgehead atoms. The van der Waals surface area contributed by atoms with Gasteiger partial charge in [-0.15, -0.1) is 5.10 Å². The van der Waals surface area contributed by atoms with Crippen molar-refractivity contribution in [2.24, 2.45) is 11.8 Å². The first kappa shape index (κ1) is 28.5. The van der Waals surface area contributed by atoms with Gasteiger partial charge in [-0.2, -0.15) is 4.98 Å². The molecule has 1 atom stereocenters. The van der Waals surface area contributed by atoms with Gasteiger partial charge < -0.3 is 23.4 Å². The average molecular weight is 617 g/mol. The van der Waals surface area contributed by atoms with Crippen LogP contribution in [0.3, 0.4) is 0 Å². The van der Waals surface area contributed by atoms with Crippen molar-refractivity contribution < 1.29 is 13.9 Å². The summed E-state index contributed by atoms with van der Waals surface area (Å²) < 4.78 is 19.2. The molecule has 5 heterocycles. The Bertz CT molecular complexity index is 1830. The Hall–Kier alpha value is -4.29. The number of hydrogen-bond donors (Lipinski definition) is 1. The van der Waals surface area contributed by atoms with Crippen LogP contribution in [-0.4, -0.2) is 61.6 Å². The largest absolute Gasteiger partial charge is 0.481 e. The van der Waals surface area contributed by atoms with Crippen LogP contribution in [0.1, 0.15) is 44.2 Å². The first-order chi connectivity index (χ1) is 21.5. The van der Waals surface area contributed by atoms with Crippen molar-refractivity contribution in [1.82, 2.24) is 34.7 Å². The summed E-state index contributed by atoms with van der Waals surface area (Å²) in [4.78, 5) is 33.5. The molecule has 0 radical (unpaired) electrons. The number of benzene rings is 1. The highest BCUT2D eigenvalue weighted by Gasteiger charge is 2.33. The molecular formula is C31H33ClN8O4. The Balaban J connectivity index is 1.48. The summed E-state index contributed by atoms with van der Waals surface area (Å²) in [6, 6.07) is 12.1. The average Bonchev–Trinajstić information content (AvgIpc) is 3.65. The lowest BCUT2D eigenvalue weighted by atomic mass is 9.83. The van der Waals surface area contributed by atoms with E-state index in [4.69, 9.17) is 40.4 Å². The molecule has 5 aromatic rings. The van der Waals surface area contributed by atoms with Crippen LogP contribution in [0.2, 0.25) is 5.02 Å². The number of rotatable bonds is 7. The molecule has 12 nitrogen and oxygen atoms in total. The Morgan fingerprint density at radius 1 is 1.11 bits per heavy atom.